The largest absolute Gasteiger partial charge is 0.455 e. The molecule has 1 aliphatic heterocycles. The molecule has 1 aromatic carbocycles. The van der Waals surface area contributed by atoms with E-state index < -0.39 is 0 Å². The minimum absolute atomic E-state index is 0.309. The maximum Gasteiger partial charge on any atom is 0.149 e. The highest BCUT2D eigenvalue weighted by Gasteiger charge is 2.24. The van der Waals surface area contributed by atoms with Crippen molar-refractivity contribution in [2.45, 2.75) is 12.3 Å². The van der Waals surface area contributed by atoms with Crippen LogP contribution in [0.3, 0.4) is 0 Å². The Balaban J connectivity index is 2.09. The summed E-state index contributed by atoms with van der Waals surface area (Å²) in [6.45, 7) is 0.870. The molecule has 1 aromatic heterocycles. The summed E-state index contributed by atoms with van der Waals surface area (Å²) < 4.78 is 5.99. The summed E-state index contributed by atoms with van der Waals surface area (Å²) in [5, 5.41) is 3.92. The number of halogens is 1. The molecule has 0 fully saturated rings. The van der Waals surface area contributed by atoms with E-state index in [-0.39, 0.29) is 0 Å². The first-order chi connectivity index (χ1) is 9.28. The zero-order valence-corrected chi connectivity index (χ0v) is 11.4. The second-order valence-corrected chi connectivity index (χ2v) is 5.14. The van der Waals surface area contributed by atoms with Crippen LogP contribution in [0.15, 0.2) is 36.5 Å². The molecule has 2 aromatic rings. The number of hydrogen-bond acceptors (Lipinski definition) is 3. The van der Waals surface area contributed by atoms with Gasteiger partial charge in [-0.2, -0.15) is 0 Å². The minimum atomic E-state index is 0.309. The summed E-state index contributed by atoms with van der Waals surface area (Å²) in [6, 6.07) is 9.66. The van der Waals surface area contributed by atoms with Gasteiger partial charge in [-0.3, -0.25) is 4.98 Å². The number of nitrogens with one attached hydrogen (secondary N) is 1. The van der Waals surface area contributed by atoms with Crippen molar-refractivity contribution in [1.29, 1.82) is 0 Å². The van der Waals surface area contributed by atoms with Gasteiger partial charge in [0, 0.05) is 23.7 Å². The van der Waals surface area contributed by atoms with Gasteiger partial charge in [-0.1, -0.05) is 17.7 Å². The highest BCUT2D eigenvalue weighted by Crippen LogP contribution is 2.38. The first-order valence-electron chi connectivity index (χ1n) is 6.33. The van der Waals surface area contributed by atoms with E-state index in [9.17, 15) is 0 Å². The highest BCUT2D eigenvalue weighted by atomic mass is 35.5. The third-order valence-corrected chi connectivity index (χ3v) is 3.59. The molecular weight excluding hydrogens is 260 g/mol. The van der Waals surface area contributed by atoms with E-state index in [1.807, 2.05) is 43.6 Å². The van der Waals surface area contributed by atoms with Crippen molar-refractivity contribution < 1.29 is 4.74 Å². The van der Waals surface area contributed by atoms with E-state index >= 15 is 0 Å². The van der Waals surface area contributed by atoms with Gasteiger partial charge in [0.25, 0.3) is 0 Å². The molecule has 2 heterocycles. The van der Waals surface area contributed by atoms with Gasteiger partial charge in [-0.05, 0) is 43.3 Å². The van der Waals surface area contributed by atoms with Crippen molar-refractivity contribution in [3.8, 4) is 11.5 Å². The molecule has 0 amide bonds. The highest BCUT2D eigenvalue weighted by molar-refractivity contribution is 6.30. The number of nitrogens with zero attached hydrogens (tertiary/aromatic N) is 1. The van der Waals surface area contributed by atoms with E-state index in [1.54, 1.807) is 0 Å². The fourth-order valence-corrected chi connectivity index (χ4v) is 2.65. The molecule has 4 heteroatoms. The van der Waals surface area contributed by atoms with Crippen LogP contribution in [0.25, 0.3) is 0 Å². The summed E-state index contributed by atoms with van der Waals surface area (Å²) in [5.74, 6) is 1.97. The molecule has 0 saturated carbocycles. The molecule has 1 atom stereocenters. The molecule has 0 radical (unpaired) electrons. The summed E-state index contributed by atoms with van der Waals surface area (Å²) in [7, 11) is 1.96. The normalized spacial score (nSPS) is 17.1. The van der Waals surface area contributed by atoms with Gasteiger partial charge in [-0.25, -0.2) is 0 Å². The summed E-state index contributed by atoms with van der Waals surface area (Å²) in [5.41, 5.74) is 2.17. The predicted octanol–water partition coefficient (Wildman–Crippen LogP) is 3.39. The number of ether oxygens (including phenoxy) is 1. The minimum Gasteiger partial charge on any atom is -0.455 e. The first kappa shape index (κ1) is 12.5. The number of benzene rings is 1. The van der Waals surface area contributed by atoms with Gasteiger partial charge in [-0.15, -0.1) is 0 Å². The van der Waals surface area contributed by atoms with E-state index in [0.717, 1.165) is 30.2 Å². The maximum absolute atomic E-state index is 6.05. The summed E-state index contributed by atoms with van der Waals surface area (Å²) in [4.78, 5) is 4.49. The Bertz CT molecular complexity index is 600. The van der Waals surface area contributed by atoms with Crippen molar-refractivity contribution in [3.05, 3.63) is 52.8 Å². The fourth-order valence-electron chi connectivity index (χ4n) is 2.48. The third kappa shape index (κ3) is 2.44. The van der Waals surface area contributed by atoms with E-state index in [4.69, 9.17) is 16.3 Å². The molecule has 98 valence electrons. The quantitative estimate of drug-likeness (QED) is 0.911. The lowest BCUT2D eigenvalue weighted by Crippen LogP contribution is -2.19. The van der Waals surface area contributed by atoms with Crippen LogP contribution in [-0.2, 0) is 6.42 Å². The Labute approximate surface area is 117 Å². The zero-order valence-electron chi connectivity index (χ0n) is 10.7. The molecule has 3 nitrogen and oxygen atoms in total. The van der Waals surface area contributed by atoms with Crippen molar-refractivity contribution in [2.75, 3.05) is 13.6 Å². The molecule has 1 N–H and O–H groups in total. The second-order valence-electron chi connectivity index (χ2n) is 4.70. The molecule has 0 spiro atoms. The van der Waals surface area contributed by atoms with Crippen LogP contribution in [0.2, 0.25) is 5.02 Å². The average Bonchev–Trinajstić information content (AvgIpc) is 2.56. The van der Waals surface area contributed by atoms with Crippen molar-refractivity contribution in [1.82, 2.24) is 10.3 Å². The van der Waals surface area contributed by atoms with E-state index in [1.165, 1.54) is 5.56 Å². The van der Waals surface area contributed by atoms with Gasteiger partial charge in [0.05, 0.1) is 5.69 Å². The topological polar surface area (TPSA) is 34.1 Å². The number of likely N-dealkylation sites (N-methyl/N-ethyl adjacent to an activating group) is 1. The van der Waals surface area contributed by atoms with Gasteiger partial charge in [0.2, 0.25) is 0 Å². The van der Waals surface area contributed by atoms with Crippen LogP contribution in [0, 0.1) is 0 Å². The molecular formula is C15H15ClN2O. The monoisotopic (exact) mass is 274 g/mol. The average molecular weight is 275 g/mol. The van der Waals surface area contributed by atoms with Gasteiger partial charge >= 0.3 is 0 Å². The number of hydrogen-bond donors (Lipinski definition) is 1. The molecule has 1 aliphatic rings. The first-order valence-corrected chi connectivity index (χ1v) is 6.71. The standard InChI is InChI=1S/C15H15ClN2O/c1-17-9-11-7-10-4-5-12(16)8-14(10)19-13-3-2-6-18-15(11)13/h2-6,8,11,17H,7,9H2,1H3/t11-/m0/s1. The van der Waals surface area contributed by atoms with E-state index in [0.29, 0.717) is 10.9 Å². The SMILES string of the molecule is CNC[C@@H]1Cc2ccc(Cl)cc2Oc2cccnc21. The van der Waals surface area contributed by atoms with Crippen LogP contribution in [0.1, 0.15) is 17.2 Å². The maximum atomic E-state index is 6.05. The van der Waals surface area contributed by atoms with E-state index in [2.05, 4.69) is 10.3 Å². The Morgan fingerprint density at radius 2 is 2.26 bits per heavy atom. The van der Waals surface area contributed by atoms with Crippen molar-refractivity contribution in [3.63, 3.8) is 0 Å². The number of pyridine rings is 1. The Kier molecular flexibility index (Phi) is 3.40. The summed E-state index contributed by atoms with van der Waals surface area (Å²) >= 11 is 6.05. The smallest absolute Gasteiger partial charge is 0.149 e. The zero-order chi connectivity index (χ0) is 13.2. The van der Waals surface area contributed by atoms with Crippen molar-refractivity contribution in [2.24, 2.45) is 0 Å². The predicted molar refractivity (Wildman–Crippen MR) is 76.1 cm³/mol. The molecule has 19 heavy (non-hydrogen) atoms. The lowest BCUT2D eigenvalue weighted by atomic mass is 9.95. The molecule has 0 bridgehead atoms. The van der Waals surface area contributed by atoms with Crippen LogP contribution < -0.4 is 10.1 Å². The summed E-state index contributed by atoms with van der Waals surface area (Å²) in [6.07, 6.45) is 2.71. The Morgan fingerprint density at radius 1 is 1.37 bits per heavy atom. The van der Waals surface area contributed by atoms with Crippen LogP contribution in [0.5, 0.6) is 11.5 Å². The second kappa shape index (κ2) is 5.19. The Morgan fingerprint density at radius 3 is 3.11 bits per heavy atom. The molecule has 0 saturated heterocycles. The van der Waals surface area contributed by atoms with Crippen LogP contribution in [0.4, 0.5) is 0 Å². The fraction of sp³-hybridized carbons (Fsp3) is 0.267. The number of aromatic nitrogens is 1. The molecule has 0 unspecified atom stereocenters. The van der Waals surface area contributed by atoms with Crippen molar-refractivity contribution >= 4 is 11.6 Å². The lowest BCUT2D eigenvalue weighted by Gasteiger charge is -2.14. The van der Waals surface area contributed by atoms with Gasteiger partial charge in [0.15, 0.2) is 0 Å². The van der Waals surface area contributed by atoms with Crippen LogP contribution >= 0.6 is 11.6 Å². The van der Waals surface area contributed by atoms with Gasteiger partial charge < -0.3 is 10.1 Å². The van der Waals surface area contributed by atoms with Gasteiger partial charge in [0.1, 0.15) is 11.5 Å². The lowest BCUT2D eigenvalue weighted by molar-refractivity contribution is 0.474. The molecule has 0 aliphatic carbocycles. The van der Waals surface area contributed by atoms with Crippen LogP contribution in [-0.4, -0.2) is 18.6 Å². The number of rotatable bonds is 2. The third-order valence-electron chi connectivity index (χ3n) is 3.35. The number of fused-ring (bicyclic) bond motifs is 2. The Hall–Kier alpha value is -1.58. The molecule has 3 rings (SSSR count).